The fourth-order valence-corrected chi connectivity index (χ4v) is 3.67. The van der Waals surface area contributed by atoms with Gasteiger partial charge in [0, 0.05) is 37.7 Å². The third-order valence-electron chi connectivity index (χ3n) is 5.39. The van der Waals surface area contributed by atoms with Crippen LogP contribution in [-0.2, 0) is 4.79 Å². The van der Waals surface area contributed by atoms with Gasteiger partial charge in [0.1, 0.15) is 17.1 Å². The lowest BCUT2D eigenvalue weighted by Gasteiger charge is -2.21. The Bertz CT molecular complexity index is 963. The Labute approximate surface area is 162 Å². The van der Waals surface area contributed by atoms with E-state index >= 15 is 0 Å². The van der Waals surface area contributed by atoms with Crippen LogP contribution in [0.25, 0.3) is 0 Å². The van der Waals surface area contributed by atoms with Crippen molar-refractivity contribution in [2.45, 2.75) is 19.3 Å². The highest BCUT2D eigenvalue weighted by Gasteiger charge is 2.56. The topological polar surface area (TPSA) is 111 Å². The Morgan fingerprint density at radius 1 is 1.29 bits per heavy atom. The summed E-state index contributed by atoms with van der Waals surface area (Å²) in [5, 5.41) is 15.3. The maximum Gasteiger partial charge on any atom is 0.252 e. The molecule has 1 aliphatic heterocycles. The van der Waals surface area contributed by atoms with E-state index in [1.54, 1.807) is 42.4 Å². The van der Waals surface area contributed by atoms with E-state index in [1.807, 2.05) is 0 Å². The average Bonchev–Trinajstić information content (AvgIpc) is 3.52. The molecule has 0 spiro atoms. The number of anilines is 3. The molecule has 2 amide bonds. The first kappa shape index (κ1) is 17.9. The second-order valence-electron chi connectivity index (χ2n) is 7.10. The van der Waals surface area contributed by atoms with Crippen LogP contribution in [0.1, 0.15) is 29.6 Å². The van der Waals surface area contributed by atoms with E-state index < -0.39 is 5.41 Å². The largest absolute Gasteiger partial charge is 0.355 e. The van der Waals surface area contributed by atoms with Crippen molar-refractivity contribution in [3.8, 4) is 6.07 Å². The number of carbonyl (C=O) groups is 2. The molecule has 2 aromatic heterocycles. The number of nitrogens with one attached hydrogen (secondary N) is 2. The molecule has 2 aliphatic rings. The molecule has 0 unspecified atom stereocenters. The Morgan fingerprint density at radius 2 is 2.11 bits per heavy atom. The van der Waals surface area contributed by atoms with Gasteiger partial charge in [0.25, 0.3) is 5.91 Å². The highest BCUT2D eigenvalue weighted by atomic mass is 16.2. The highest BCUT2D eigenvalue weighted by molar-refractivity contribution is 6.02. The molecular formula is C20H20N6O2. The predicted molar refractivity (Wildman–Crippen MR) is 103 cm³/mol. The van der Waals surface area contributed by atoms with Gasteiger partial charge in [-0.15, -0.1) is 0 Å². The van der Waals surface area contributed by atoms with Gasteiger partial charge in [-0.25, -0.2) is 9.97 Å². The van der Waals surface area contributed by atoms with Crippen LogP contribution in [0, 0.1) is 22.7 Å². The summed E-state index contributed by atoms with van der Waals surface area (Å²) in [6.45, 7) is 0.533. The van der Waals surface area contributed by atoms with Crippen molar-refractivity contribution in [3.63, 3.8) is 0 Å². The maximum atomic E-state index is 13.0. The number of nitrogens with zero attached hydrogens (tertiary/aromatic N) is 4. The summed E-state index contributed by atoms with van der Waals surface area (Å²) in [5.74, 6) is 0.948. The number of hydrogen-bond donors (Lipinski definition) is 2. The lowest BCUT2D eigenvalue weighted by atomic mass is 9.83. The highest BCUT2D eigenvalue weighted by Crippen LogP contribution is 2.51. The number of hydrogen-bond acceptors (Lipinski definition) is 6. The number of carbonyl (C=O) groups excluding carboxylic acids is 2. The Morgan fingerprint density at radius 3 is 2.75 bits per heavy atom. The van der Waals surface area contributed by atoms with Crippen molar-refractivity contribution in [1.29, 1.82) is 5.26 Å². The number of aromatic nitrogens is 2. The molecule has 28 heavy (non-hydrogen) atoms. The number of rotatable bonds is 5. The summed E-state index contributed by atoms with van der Waals surface area (Å²) < 4.78 is 0. The van der Waals surface area contributed by atoms with Crippen molar-refractivity contribution in [3.05, 3.63) is 42.2 Å². The van der Waals surface area contributed by atoms with Gasteiger partial charge in [0.2, 0.25) is 5.91 Å². The molecule has 142 valence electrons. The third-order valence-corrected chi connectivity index (χ3v) is 5.39. The van der Waals surface area contributed by atoms with Gasteiger partial charge in [-0.3, -0.25) is 9.59 Å². The van der Waals surface area contributed by atoms with Crippen LogP contribution in [0.2, 0.25) is 0 Å². The lowest BCUT2D eigenvalue weighted by molar-refractivity contribution is -0.123. The summed E-state index contributed by atoms with van der Waals surface area (Å²) in [4.78, 5) is 34.7. The van der Waals surface area contributed by atoms with E-state index in [2.05, 4.69) is 26.7 Å². The molecule has 1 aliphatic carbocycles. The molecule has 0 bridgehead atoms. The predicted octanol–water partition coefficient (Wildman–Crippen LogP) is 2.24. The van der Waals surface area contributed by atoms with E-state index in [4.69, 9.17) is 0 Å². The van der Waals surface area contributed by atoms with E-state index in [9.17, 15) is 14.9 Å². The number of nitriles is 1. The molecule has 2 N–H and O–H groups in total. The first-order chi connectivity index (χ1) is 13.6. The molecular weight excluding hydrogens is 356 g/mol. The third kappa shape index (κ3) is 3.05. The zero-order chi connectivity index (χ0) is 19.7. The van der Waals surface area contributed by atoms with Crippen LogP contribution >= 0.6 is 0 Å². The first-order valence-corrected chi connectivity index (χ1v) is 9.22. The van der Waals surface area contributed by atoms with Gasteiger partial charge < -0.3 is 15.5 Å². The van der Waals surface area contributed by atoms with E-state index in [1.165, 1.54) is 6.20 Å². The minimum absolute atomic E-state index is 0.109. The Balaban J connectivity index is 1.52. The van der Waals surface area contributed by atoms with Crippen molar-refractivity contribution in [2.24, 2.45) is 11.3 Å². The van der Waals surface area contributed by atoms with Gasteiger partial charge in [-0.05, 0) is 43.4 Å². The van der Waals surface area contributed by atoms with Crippen LogP contribution in [0.4, 0.5) is 17.3 Å². The van der Waals surface area contributed by atoms with Crippen LogP contribution < -0.4 is 15.5 Å². The molecule has 0 radical (unpaired) electrons. The van der Waals surface area contributed by atoms with Crippen molar-refractivity contribution in [1.82, 2.24) is 15.3 Å². The molecule has 8 heteroatoms. The van der Waals surface area contributed by atoms with Crippen LogP contribution in [0.15, 0.2) is 36.7 Å². The summed E-state index contributed by atoms with van der Waals surface area (Å²) in [6.07, 6.45) is 5.57. The monoisotopic (exact) mass is 376 g/mol. The van der Waals surface area contributed by atoms with Crippen LogP contribution in [0.3, 0.4) is 0 Å². The first-order valence-electron chi connectivity index (χ1n) is 9.22. The quantitative estimate of drug-likeness (QED) is 0.828. The molecule has 4 rings (SSSR count). The van der Waals surface area contributed by atoms with Gasteiger partial charge >= 0.3 is 0 Å². The molecule has 2 fully saturated rings. The smallest absolute Gasteiger partial charge is 0.252 e. The normalized spacial score (nSPS) is 21.3. The zero-order valence-electron chi connectivity index (χ0n) is 15.5. The minimum atomic E-state index is -0.867. The lowest BCUT2D eigenvalue weighted by Crippen LogP contribution is -2.35. The van der Waals surface area contributed by atoms with Gasteiger partial charge in [-0.2, -0.15) is 5.26 Å². The van der Waals surface area contributed by atoms with E-state index in [-0.39, 0.29) is 17.7 Å². The zero-order valence-corrected chi connectivity index (χ0v) is 15.5. The molecule has 2 aromatic rings. The molecule has 1 saturated heterocycles. The fourth-order valence-electron chi connectivity index (χ4n) is 3.67. The summed E-state index contributed by atoms with van der Waals surface area (Å²) in [7, 11) is 1.56. The SMILES string of the molecule is CNC(=O)c1ccc(Nc2cc(N3CC[C@@](C#N)(C4CC4)C3=O)ccn2)nc1. The fraction of sp³-hybridized carbons (Fsp3) is 0.350. The van der Waals surface area contributed by atoms with Crippen molar-refractivity contribution >= 4 is 29.1 Å². The van der Waals surface area contributed by atoms with Crippen LogP contribution in [-0.4, -0.2) is 35.4 Å². The molecule has 8 nitrogen and oxygen atoms in total. The minimum Gasteiger partial charge on any atom is -0.355 e. The molecule has 1 saturated carbocycles. The second kappa shape index (κ2) is 6.93. The van der Waals surface area contributed by atoms with Gasteiger partial charge in [0.15, 0.2) is 0 Å². The second-order valence-corrected chi connectivity index (χ2v) is 7.10. The maximum absolute atomic E-state index is 13.0. The van der Waals surface area contributed by atoms with Crippen molar-refractivity contribution in [2.75, 3.05) is 23.8 Å². The Kier molecular flexibility index (Phi) is 4.43. The molecule has 1 atom stereocenters. The summed E-state index contributed by atoms with van der Waals surface area (Å²) in [5.41, 5.74) is 0.307. The Hall–Kier alpha value is -3.47. The summed E-state index contributed by atoms with van der Waals surface area (Å²) in [6, 6.07) is 9.19. The van der Waals surface area contributed by atoms with E-state index in [0.717, 1.165) is 12.8 Å². The van der Waals surface area contributed by atoms with E-state index in [0.29, 0.717) is 35.9 Å². The van der Waals surface area contributed by atoms with Crippen LogP contribution in [0.5, 0.6) is 0 Å². The number of pyridine rings is 2. The standard InChI is InChI=1S/C20H20N6O2/c1-22-18(27)13-2-5-16(24-11-13)25-17-10-15(6-8-23-17)26-9-7-20(12-21,19(26)28)14-3-4-14/h2,5-6,8,10-11,14H,3-4,7,9H2,1H3,(H,22,27)(H,23,24,25)/t20-/m1/s1. The number of amides is 2. The average molecular weight is 376 g/mol. The van der Waals surface area contributed by atoms with Crippen molar-refractivity contribution < 1.29 is 9.59 Å². The summed E-state index contributed by atoms with van der Waals surface area (Å²) >= 11 is 0. The van der Waals surface area contributed by atoms with Gasteiger partial charge in [-0.1, -0.05) is 0 Å². The molecule has 3 heterocycles. The van der Waals surface area contributed by atoms with Gasteiger partial charge in [0.05, 0.1) is 11.6 Å². The molecule has 0 aromatic carbocycles.